The van der Waals surface area contributed by atoms with E-state index in [4.69, 9.17) is 29.8 Å². The van der Waals surface area contributed by atoms with Crippen LogP contribution in [0.3, 0.4) is 0 Å². The first-order valence-electron chi connectivity index (χ1n) is 13.3. The minimum absolute atomic E-state index is 0.115. The molecule has 8 heteroatoms. The summed E-state index contributed by atoms with van der Waals surface area (Å²) in [6, 6.07) is 18.2. The van der Waals surface area contributed by atoms with Gasteiger partial charge in [0.2, 0.25) is 0 Å². The maximum absolute atomic E-state index is 12.3. The zero-order chi connectivity index (χ0) is 27.5. The van der Waals surface area contributed by atoms with Crippen LogP contribution in [0.25, 0.3) is 22.0 Å². The molecule has 0 spiro atoms. The third-order valence-corrected chi connectivity index (χ3v) is 6.88. The third kappa shape index (κ3) is 5.48. The summed E-state index contributed by atoms with van der Waals surface area (Å²) in [7, 11) is 1.64. The predicted molar refractivity (Wildman–Crippen MR) is 150 cm³/mol. The molecule has 0 amide bonds. The van der Waals surface area contributed by atoms with Crippen molar-refractivity contribution in [1.82, 2.24) is 9.78 Å². The van der Waals surface area contributed by atoms with Gasteiger partial charge in [-0.05, 0) is 56.2 Å². The minimum atomic E-state index is -0.298. The molecule has 0 saturated heterocycles. The molecule has 2 heterocycles. The van der Waals surface area contributed by atoms with Gasteiger partial charge in [-0.2, -0.15) is 5.10 Å². The molecule has 1 aromatic heterocycles. The Morgan fingerprint density at radius 2 is 2.00 bits per heavy atom. The quantitative estimate of drug-likeness (QED) is 0.271. The molecule has 204 valence electrons. The molecule has 8 nitrogen and oxygen atoms in total. The molecular formula is C31H35N3O5. The van der Waals surface area contributed by atoms with Gasteiger partial charge in [-0.1, -0.05) is 30.3 Å². The first kappa shape index (κ1) is 26.7. The highest BCUT2D eigenvalue weighted by Gasteiger charge is 2.24. The van der Waals surface area contributed by atoms with Crippen LogP contribution in [0.2, 0.25) is 0 Å². The second-order valence-corrected chi connectivity index (χ2v) is 10.0. The highest BCUT2D eigenvalue weighted by Crippen LogP contribution is 2.41. The smallest absolute Gasteiger partial charge is 0.310 e. The van der Waals surface area contributed by atoms with Crippen molar-refractivity contribution >= 4 is 16.9 Å². The Hall–Kier alpha value is -3.88. The van der Waals surface area contributed by atoms with E-state index in [0.717, 1.165) is 50.2 Å². The van der Waals surface area contributed by atoms with Crippen molar-refractivity contribution in [2.24, 2.45) is 5.73 Å². The van der Waals surface area contributed by atoms with Gasteiger partial charge in [0.25, 0.3) is 0 Å². The number of aromatic nitrogens is 2. The Labute approximate surface area is 228 Å². The van der Waals surface area contributed by atoms with E-state index >= 15 is 0 Å². The van der Waals surface area contributed by atoms with Gasteiger partial charge in [0.15, 0.2) is 0 Å². The van der Waals surface area contributed by atoms with Crippen molar-refractivity contribution in [1.29, 1.82) is 0 Å². The minimum Gasteiger partial charge on any atom is -0.491 e. The monoisotopic (exact) mass is 529 g/mol. The number of rotatable bonds is 10. The van der Waals surface area contributed by atoms with Crippen LogP contribution in [0.15, 0.2) is 54.6 Å². The first-order chi connectivity index (χ1) is 18.9. The van der Waals surface area contributed by atoms with Gasteiger partial charge in [0, 0.05) is 35.2 Å². The summed E-state index contributed by atoms with van der Waals surface area (Å²) in [6.45, 7) is 7.51. The lowest BCUT2D eigenvalue weighted by Crippen LogP contribution is -2.10. The van der Waals surface area contributed by atoms with Gasteiger partial charge in [-0.25, -0.2) is 0 Å². The van der Waals surface area contributed by atoms with E-state index < -0.39 is 0 Å². The molecule has 2 N–H and O–H groups in total. The standard InChI is InChI=1S/C31H35N3O5/c1-5-37-30(35)15-22-13-20(16-36-4)9-12-29(22)38-18-27-25-14-21(10-11-28(25)34(33-27)19(2)3)23-7-6-8-24-26(32)17-39-31(23)24/h6-14,19,26H,5,15-18,32H2,1-4H3. The number of fused-ring (bicyclic) bond motifs is 2. The molecular weight excluding hydrogens is 494 g/mol. The Balaban J connectivity index is 1.50. The summed E-state index contributed by atoms with van der Waals surface area (Å²) in [4.78, 5) is 12.3. The Bertz CT molecular complexity index is 1490. The molecule has 4 aromatic rings. The van der Waals surface area contributed by atoms with Gasteiger partial charge < -0.3 is 24.7 Å². The SMILES string of the molecule is CCOC(=O)Cc1cc(COC)ccc1OCc1nn(C(C)C)c2ccc(-c3cccc4c3OCC4N)cc12. The fourth-order valence-electron chi connectivity index (χ4n) is 5.05. The molecule has 0 radical (unpaired) electrons. The van der Waals surface area contributed by atoms with E-state index in [1.54, 1.807) is 14.0 Å². The molecule has 0 saturated carbocycles. The second kappa shape index (κ2) is 11.5. The number of benzene rings is 3. The summed E-state index contributed by atoms with van der Waals surface area (Å²) in [5.74, 6) is 1.17. The topological polar surface area (TPSA) is 97.8 Å². The summed E-state index contributed by atoms with van der Waals surface area (Å²) in [6.07, 6.45) is 0.118. The third-order valence-electron chi connectivity index (χ3n) is 6.88. The molecule has 0 fully saturated rings. The molecule has 5 rings (SSSR count). The summed E-state index contributed by atoms with van der Waals surface area (Å²) in [5, 5.41) is 5.92. The first-order valence-corrected chi connectivity index (χ1v) is 13.3. The Morgan fingerprint density at radius 1 is 1.15 bits per heavy atom. The van der Waals surface area contributed by atoms with Crippen LogP contribution < -0.4 is 15.2 Å². The normalized spacial score (nSPS) is 14.5. The number of carbonyl (C=O) groups excluding carboxylic acids is 1. The molecule has 1 unspecified atom stereocenters. The Kier molecular flexibility index (Phi) is 7.86. The molecule has 3 aromatic carbocycles. The number of esters is 1. The average Bonchev–Trinajstić information content (AvgIpc) is 3.49. The largest absolute Gasteiger partial charge is 0.491 e. The number of hydrogen-bond acceptors (Lipinski definition) is 7. The fourth-order valence-corrected chi connectivity index (χ4v) is 5.05. The van der Waals surface area contributed by atoms with Crippen molar-refractivity contribution in [2.45, 2.75) is 52.5 Å². The number of carbonyl (C=O) groups is 1. The van der Waals surface area contributed by atoms with Gasteiger partial charge in [0.05, 0.1) is 31.2 Å². The van der Waals surface area contributed by atoms with Crippen molar-refractivity contribution in [3.8, 4) is 22.6 Å². The van der Waals surface area contributed by atoms with E-state index in [-0.39, 0.29) is 31.1 Å². The van der Waals surface area contributed by atoms with Crippen molar-refractivity contribution in [3.05, 3.63) is 77.0 Å². The Morgan fingerprint density at radius 3 is 2.77 bits per heavy atom. The molecule has 1 aliphatic rings. The zero-order valence-corrected chi connectivity index (χ0v) is 22.9. The molecule has 1 aliphatic heterocycles. The highest BCUT2D eigenvalue weighted by atomic mass is 16.5. The lowest BCUT2D eigenvalue weighted by Gasteiger charge is -2.13. The van der Waals surface area contributed by atoms with Crippen molar-refractivity contribution in [2.75, 3.05) is 20.3 Å². The van der Waals surface area contributed by atoms with E-state index in [1.807, 2.05) is 35.0 Å². The van der Waals surface area contributed by atoms with Crippen LogP contribution in [0.4, 0.5) is 0 Å². The number of para-hydroxylation sites is 1. The van der Waals surface area contributed by atoms with Crippen molar-refractivity contribution in [3.63, 3.8) is 0 Å². The number of hydrogen-bond donors (Lipinski definition) is 1. The zero-order valence-electron chi connectivity index (χ0n) is 22.9. The molecule has 1 atom stereocenters. The molecule has 39 heavy (non-hydrogen) atoms. The maximum Gasteiger partial charge on any atom is 0.310 e. The number of nitrogens with zero attached hydrogens (tertiary/aromatic N) is 2. The van der Waals surface area contributed by atoms with Crippen LogP contribution in [0, 0.1) is 0 Å². The summed E-state index contributed by atoms with van der Waals surface area (Å²) < 4.78 is 24.7. The van der Waals surface area contributed by atoms with E-state index in [0.29, 0.717) is 25.6 Å². The van der Waals surface area contributed by atoms with Crippen LogP contribution >= 0.6 is 0 Å². The van der Waals surface area contributed by atoms with Crippen LogP contribution in [0.1, 0.15) is 55.2 Å². The number of nitrogens with two attached hydrogens (primary N) is 1. The van der Waals surface area contributed by atoms with Crippen LogP contribution in [-0.2, 0) is 33.9 Å². The fraction of sp³-hybridized carbons (Fsp3) is 0.355. The number of ether oxygens (including phenoxy) is 4. The van der Waals surface area contributed by atoms with Crippen molar-refractivity contribution < 1.29 is 23.7 Å². The lowest BCUT2D eigenvalue weighted by atomic mass is 9.98. The summed E-state index contributed by atoms with van der Waals surface area (Å²) in [5.41, 5.74) is 12.9. The van der Waals surface area contributed by atoms with Gasteiger partial charge in [-0.15, -0.1) is 0 Å². The van der Waals surface area contributed by atoms with Gasteiger partial charge in [-0.3, -0.25) is 9.48 Å². The number of methoxy groups -OCH3 is 1. The van der Waals surface area contributed by atoms with Crippen LogP contribution in [-0.4, -0.2) is 36.1 Å². The van der Waals surface area contributed by atoms with E-state index in [2.05, 4.69) is 38.1 Å². The second-order valence-electron chi connectivity index (χ2n) is 10.0. The van der Waals surface area contributed by atoms with E-state index in [9.17, 15) is 4.79 Å². The van der Waals surface area contributed by atoms with Crippen LogP contribution in [0.5, 0.6) is 11.5 Å². The van der Waals surface area contributed by atoms with Gasteiger partial charge in [0.1, 0.15) is 30.4 Å². The van der Waals surface area contributed by atoms with E-state index in [1.165, 1.54) is 0 Å². The maximum atomic E-state index is 12.3. The molecule has 0 aliphatic carbocycles. The van der Waals surface area contributed by atoms with Gasteiger partial charge >= 0.3 is 5.97 Å². The lowest BCUT2D eigenvalue weighted by molar-refractivity contribution is -0.142. The molecule has 0 bridgehead atoms. The highest BCUT2D eigenvalue weighted by molar-refractivity contribution is 5.88. The average molecular weight is 530 g/mol. The summed E-state index contributed by atoms with van der Waals surface area (Å²) >= 11 is 0. The predicted octanol–water partition coefficient (Wildman–Crippen LogP) is 5.51.